The van der Waals surface area contributed by atoms with Crippen LogP contribution in [0.15, 0.2) is 40.5 Å². The fourth-order valence-corrected chi connectivity index (χ4v) is 3.17. The highest BCUT2D eigenvalue weighted by Gasteiger charge is 2.46. The number of allylic oxidation sites excluding steroid dienone is 1. The third-order valence-electron chi connectivity index (χ3n) is 4.39. The number of hydrogen-bond acceptors (Lipinski definition) is 7. The maximum Gasteiger partial charge on any atom is 0.336 e. The van der Waals surface area contributed by atoms with Crippen LogP contribution in [0.4, 0.5) is 4.39 Å². The van der Waals surface area contributed by atoms with Gasteiger partial charge in [0.05, 0.1) is 18.8 Å². The van der Waals surface area contributed by atoms with Gasteiger partial charge in [-0.25, -0.2) is 9.18 Å². The zero-order chi connectivity index (χ0) is 21.6. The summed E-state index contributed by atoms with van der Waals surface area (Å²) in [7, 11) is 0. The van der Waals surface area contributed by atoms with Gasteiger partial charge in [0.15, 0.2) is 0 Å². The van der Waals surface area contributed by atoms with Gasteiger partial charge in [-0.15, -0.1) is 0 Å². The van der Waals surface area contributed by atoms with E-state index in [9.17, 15) is 18.8 Å². The lowest BCUT2D eigenvalue weighted by molar-refractivity contribution is -0.159. The topological polar surface area (TPSA) is 91.3 Å². The molecular formula is C21H24FNO6. The Bertz CT molecular complexity index is 860. The van der Waals surface area contributed by atoms with Crippen LogP contribution >= 0.6 is 0 Å². The molecule has 0 saturated heterocycles. The van der Waals surface area contributed by atoms with Crippen LogP contribution < -0.4 is 0 Å². The van der Waals surface area contributed by atoms with E-state index in [1.165, 1.54) is 18.2 Å². The summed E-state index contributed by atoms with van der Waals surface area (Å²) in [5.74, 6) is -5.09. The van der Waals surface area contributed by atoms with Crippen molar-refractivity contribution in [1.82, 2.24) is 0 Å². The van der Waals surface area contributed by atoms with Crippen molar-refractivity contribution in [3.05, 3.63) is 46.9 Å². The second kappa shape index (κ2) is 9.95. The van der Waals surface area contributed by atoms with Crippen LogP contribution in [0, 0.1) is 17.7 Å². The summed E-state index contributed by atoms with van der Waals surface area (Å²) < 4.78 is 28.8. The van der Waals surface area contributed by atoms with Gasteiger partial charge in [-0.2, -0.15) is 0 Å². The molecule has 1 aliphatic rings. The average Bonchev–Trinajstić information content (AvgIpc) is 2.65. The molecule has 1 aliphatic heterocycles. The van der Waals surface area contributed by atoms with Gasteiger partial charge in [0, 0.05) is 11.4 Å². The quantitative estimate of drug-likeness (QED) is 0.512. The highest BCUT2D eigenvalue weighted by atomic mass is 19.1. The zero-order valence-electron chi connectivity index (χ0n) is 16.9. The largest absolute Gasteiger partial charge is 0.465 e. The van der Waals surface area contributed by atoms with Crippen molar-refractivity contribution < 1.29 is 33.0 Å². The molecule has 0 aromatic heterocycles. The van der Waals surface area contributed by atoms with Crippen molar-refractivity contribution in [3.8, 4) is 0 Å². The van der Waals surface area contributed by atoms with Crippen molar-refractivity contribution in [2.45, 2.75) is 34.3 Å². The molecule has 2 rings (SSSR count). The molecular weight excluding hydrogens is 381 g/mol. The number of rotatable bonds is 7. The molecule has 0 N–H and O–H groups in total. The Balaban J connectivity index is 2.37. The first-order chi connectivity index (χ1) is 13.8. The summed E-state index contributed by atoms with van der Waals surface area (Å²) in [5, 5.41) is 0. The molecule has 29 heavy (non-hydrogen) atoms. The van der Waals surface area contributed by atoms with E-state index in [0.29, 0.717) is 11.3 Å². The summed E-state index contributed by atoms with van der Waals surface area (Å²) in [6.07, 6.45) is 0. The van der Waals surface area contributed by atoms with Crippen LogP contribution in [-0.4, -0.2) is 36.8 Å². The highest BCUT2D eigenvalue weighted by Crippen LogP contribution is 2.34. The smallest absolute Gasteiger partial charge is 0.336 e. The van der Waals surface area contributed by atoms with E-state index < -0.39 is 35.6 Å². The molecule has 0 amide bonds. The van der Waals surface area contributed by atoms with E-state index in [2.05, 4.69) is 4.99 Å². The van der Waals surface area contributed by atoms with Crippen molar-refractivity contribution in [2.75, 3.05) is 13.2 Å². The minimum absolute atomic E-state index is 0.0419. The van der Waals surface area contributed by atoms with E-state index in [0.717, 1.165) is 0 Å². The molecule has 0 bridgehead atoms. The molecule has 0 aliphatic carbocycles. The van der Waals surface area contributed by atoms with E-state index in [-0.39, 0.29) is 31.1 Å². The van der Waals surface area contributed by atoms with Crippen LogP contribution in [0.2, 0.25) is 0 Å². The van der Waals surface area contributed by atoms with E-state index in [1.807, 2.05) is 0 Å². The average molecular weight is 405 g/mol. The SMILES string of the molecule is CCOC(=O)C1=C(C)N=C(C)C(C(=O)OCC)[C@H]1C(=O)OCc1cccc(F)c1. The van der Waals surface area contributed by atoms with Crippen LogP contribution in [-0.2, 0) is 35.2 Å². The van der Waals surface area contributed by atoms with Gasteiger partial charge in [0.1, 0.15) is 24.3 Å². The van der Waals surface area contributed by atoms with Gasteiger partial charge in [0.2, 0.25) is 0 Å². The summed E-state index contributed by atoms with van der Waals surface area (Å²) in [6, 6.07) is 5.59. The van der Waals surface area contributed by atoms with Crippen molar-refractivity contribution >= 4 is 23.6 Å². The summed E-state index contributed by atoms with van der Waals surface area (Å²) in [6.45, 7) is 6.39. The first-order valence-electron chi connectivity index (χ1n) is 9.30. The molecule has 1 unspecified atom stereocenters. The molecule has 0 spiro atoms. The molecule has 8 heteroatoms. The predicted octanol–water partition coefficient (Wildman–Crippen LogP) is 2.98. The van der Waals surface area contributed by atoms with Gasteiger partial charge in [-0.1, -0.05) is 12.1 Å². The molecule has 1 aromatic carbocycles. The molecule has 1 heterocycles. The van der Waals surface area contributed by atoms with Gasteiger partial charge >= 0.3 is 17.9 Å². The third-order valence-corrected chi connectivity index (χ3v) is 4.39. The van der Waals surface area contributed by atoms with Crippen LogP contribution in [0.25, 0.3) is 0 Å². The molecule has 7 nitrogen and oxygen atoms in total. The highest BCUT2D eigenvalue weighted by molar-refractivity contribution is 6.10. The summed E-state index contributed by atoms with van der Waals surface area (Å²) in [4.78, 5) is 42.3. The first kappa shape index (κ1) is 22.3. The second-order valence-corrected chi connectivity index (χ2v) is 6.42. The Labute approximate surface area is 168 Å². The number of hydrogen-bond donors (Lipinski definition) is 0. The van der Waals surface area contributed by atoms with Gasteiger partial charge < -0.3 is 14.2 Å². The zero-order valence-corrected chi connectivity index (χ0v) is 16.9. The Hall–Kier alpha value is -3.03. The van der Waals surface area contributed by atoms with E-state index in [1.54, 1.807) is 33.8 Å². The van der Waals surface area contributed by atoms with Crippen molar-refractivity contribution in [2.24, 2.45) is 16.8 Å². The van der Waals surface area contributed by atoms with E-state index in [4.69, 9.17) is 14.2 Å². The lowest BCUT2D eigenvalue weighted by Crippen LogP contribution is -2.42. The van der Waals surface area contributed by atoms with Crippen LogP contribution in [0.1, 0.15) is 33.3 Å². The minimum atomic E-state index is -1.26. The minimum Gasteiger partial charge on any atom is -0.465 e. The number of carbonyl (C=O) groups excluding carboxylic acids is 3. The molecule has 156 valence electrons. The van der Waals surface area contributed by atoms with Crippen LogP contribution in [0.5, 0.6) is 0 Å². The van der Waals surface area contributed by atoms with Gasteiger partial charge in [-0.3, -0.25) is 14.6 Å². The number of nitrogens with zero attached hydrogens (tertiary/aromatic N) is 1. The molecule has 1 aromatic rings. The first-order valence-corrected chi connectivity index (χ1v) is 9.30. The maximum absolute atomic E-state index is 13.4. The Morgan fingerprint density at radius 2 is 1.66 bits per heavy atom. The third kappa shape index (κ3) is 5.28. The molecule has 2 atom stereocenters. The van der Waals surface area contributed by atoms with Gasteiger partial charge in [-0.05, 0) is 45.4 Å². The van der Waals surface area contributed by atoms with Crippen LogP contribution in [0.3, 0.4) is 0 Å². The number of esters is 3. The maximum atomic E-state index is 13.4. The van der Waals surface area contributed by atoms with Crippen molar-refractivity contribution in [1.29, 1.82) is 0 Å². The summed E-state index contributed by atoms with van der Waals surface area (Å²) >= 11 is 0. The number of aliphatic imine (C=N–C) groups is 1. The lowest BCUT2D eigenvalue weighted by atomic mass is 9.79. The Morgan fingerprint density at radius 3 is 2.28 bits per heavy atom. The number of benzene rings is 1. The predicted molar refractivity (Wildman–Crippen MR) is 102 cm³/mol. The standard InChI is InChI=1S/C21H24FNO6/c1-5-27-19(24)16-12(3)23-13(4)17(20(25)28-6-2)18(16)21(26)29-11-14-8-7-9-15(22)10-14/h7-10,16,18H,5-6,11H2,1-4H3/t16?,18-/m1/s1. The molecule has 0 fully saturated rings. The van der Waals surface area contributed by atoms with Gasteiger partial charge in [0.25, 0.3) is 0 Å². The fraction of sp³-hybridized carbons (Fsp3) is 0.429. The monoisotopic (exact) mass is 405 g/mol. The normalized spacial score (nSPS) is 18.7. The Morgan fingerprint density at radius 1 is 1.00 bits per heavy atom. The second-order valence-electron chi connectivity index (χ2n) is 6.42. The van der Waals surface area contributed by atoms with Crippen molar-refractivity contribution in [3.63, 3.8) is 0 Å². The van der Waals surface area contributed by atoms with E-state index >= 15 is 0 Å². The number of carbonyl (C=O) groups is 3. The number of halogens is 1. The fourth-order valence-electron chi connectivity index (χ4n) is 3.17. The lowest BCUT2D eigenvalue weighted by Gasteiger charge is -2.29. The molecule has 0 radical (unpaired) electrons. The number of ether oxygens (including phenoxy) is 3. The summed E-state index contributed by atoms with van der Waals surface area (Å²) in [5.41, 5.74) is 1.00. The molecule has 0 saturated carbocycles. The Kier molecular flexibility index (Phi) is 7.64.